The van der Waals surface area contributed by atoms with Crippen LogP contribution in [0.15, 0.2) is 6.07 Å². The van der Waals surface area contributed by atoms with Gasteiger partial charge in [-0.15, -0.1) is 11.3 Å². The fraction of sp³-hybridized carbons (Fsp3) is 0.556. The summed E-state index contributed by atoms with van der Waals surface area (Å²) < 4.78 is 1.50. The molecule has 0 aromatic carbocycles. The second kappa shape index (κ2) is 3.43. The minimum absolute atomic E-state index is 0.167. The number of aliphatic hydroxyl groups is 1. The topological polar surface area (TPSA) is 20.2 Å². The zero-order valence-electron chi connectivity index (χ0n) is 7.13. The Morgan fingerprint density at radius 3 is 2.62 bits per heavy atom. The Hall–Kier alpha value is 0.240. The van der Waals surface area contributed by atoms with Gasteiger partial charge >= 0.3 is 0 Å². The van der Waals surface area contributed by atoms with E-state index in [0.29, 0.717) is 11.8 Å². The highest BCUT2D eigenvalue weighted by Gasteiger charge is 2.38. The van der Waals surface area contributed by atoms with Crippen LogP contribution in [0.5, 0.6) is 0 Å². The Labute approximate surface area is 91.3 Å². The first-order chi connectivity index (χ1) is 6.09. The molecule has 0 spiro atoms. The van der Waals surface area contributed by atoms with E-state index < -0.39 is 0 Å². The Balaban J connectivity index is 2.22. The Bertz CT molecular complexity index is 323. The van der Waals surface area contributed by atoms with Crippen LogP contribution in [0.3, 0.4) is 0 Å². The third-order valence-corrected chi connectivity index (χ3v) is 4.34. The maximum absolute atomic E-state index is 9.37. The van der Waals surface area contributed by atoms with E-state index >= 15 is 0 Å². The number of hydrogen-bond donors (Lipinski definition) is 1. The maximum Gasteiger partial charge on any atom is 0.0979 e. The van der Waals surface area contributed by atoms with E-state index in [0.717, 1.165) is 20.7 Å². The summed E-state index contributed by atoms with van der Waals surface area (Å²) in [7, 11) is 0. The van der Waals surface area contributed by atoms with Gasteiger partial charge in [-0.05, 0) is 29.9 Å². The van der Waals surface area contributed by atoms with Gasteiger partial charge in [0.1, 0.15) is 0 Å². The van der Waals surface area contributed by atoms with Gasteiger partial charge < -0.3 is 5.11 Å². The van der Waals surface area contributed by atoms with Crippen LogP contribution in [-0.2, 0) is 0 Å². The van der Waals surface area contributed by atoms with Gasteiger partial charge in [0.25, 0.3) is 0 Å². The van der Waals surface area contributed by atoms with E-state index in [-0.39, 0.29) is 6.10 Å². The summed E-state index contributed by atoms with van der Waals surface area (Å²) in [5, 5.41) is 9.37. The number of halogens is 2. The predicted octanol–water partition coefficient (Wildman–Crippen LogP) is 3.54. The van der Waals surface area contributed by atoms with E-state index in [1.165, 1.54) is 11.3 Å². The molecule has 1 nitrogen and oxygen atoms in total. The van der Waals surface area contributed by atoms with Gasteiger partial charge in [0, 0.05) is 0 Å². The van der Waals surface area contributed by atoms with E-state index in [4.69, 9.17) is 23.2 Å². The molecule has 2 rings (SSSR count). The van der Waals surface area contributed by atoms with Crippen molar-refractivity contribution in [2.45, 2.75) is 25.4 Å². The van der Waals surface area contributed by atoms with Crippen LogP contribution in [-0.4, -0.2) is 11.2 Å². The maximum atomic E-state index is 9.37. The number of rotatable bonds is 1. The fourth-order valence-corrected chi connectivity index (χ4v) is 3.37. The van der Waals surface area contributed by atoms with Crippen molar-refractivity contribution in [2.24, 2.45) is 5.92 Å². The molecule has 0 aliphatic heterocycles. The molecule has 0 bridgehead atoms. The fourth-order valence-electron chi connectivity index (χ4n) is 1.78. The van der Waals surface area contributed by atoms with Gasteiger partial charge in [-0.2, -0.15) is 0 Å². The lowest BCUT2D eigenvalue weighted by molar-refractivity contribution is 0.0119. The van der Waals surface area contributed by atoms with Crippen molar-refractivity contribution in [2.75, 3.05) is 0 Å². The van der Waals surface area contributed by atoms with Crippen molar-refractivity contribution in [1.29, 1.82) is 0 Å². The number of hydrogen-bond acceptors (Lipinski definition) is 2. The van der Waals surface area contributed by atoms with E-state index in [1.54, 1.807) is 0 Å². The molecule has 1 aliphatic rings. The van der Waals surface area contributed by atoms with Gasteiger partial charge in [-0.25, -0.2) is 0 Å². The molecule has 1 saturated carbocycles. The summed E-state index contributed by atoms with van der Waals surface area (Å²) in [6.07, 6.45) is 0.647. The second-order valence-corrected chi connectivity index (χ2v) is 5.83. The van der Waals surface area contributed by atoms with Crippen molar-refractivity contribution < 1.29 is 5.11 Å². The third kappa shape index (κ3) is 1.61. The zero-order chi connectivity index (χ0) is 9.59. The first-order valence-corrected chi connectivity index (χ1v) is 5.79. The van der Waals surface area contributed by atoms with E-state index in [9.17, 15) is 5.11 Å². The predicted molar refractivity (Wildman–Crippen MR) is 56.9 cm³/mol. The minimum atomic E-state index is -0.167. The first kappa shape index (κ1) is 9.78. The molecule has 0 saturated heterocycles. The SMILES string of the molecule is CC1C(O)CC1c1cc(Cl)sc1Cl. The molecule has 72 valence electrons. The molecule has 1 N–H and O–H groups in total. The van der Waals surface area contributed by atoms with Crippen molar-refractivity contribution >= 4 is 34.5 Å². The van der Waals surface area contributed by atoms with Crippen LogP contribution in [0.25, 0.3) is 0 Å². The van der Waals surface area contributed by atoms with Crippen molar-refractivity contribution in [1.82, 2.24) is 0 Å². The van der Waals surface area contributed by atoms with Crippen LogP contribution >= 0.6 is 34.5 Å². The van der Waals surface area contributed by atoms with Gasteiger partial charge in [-0.3, -0.25) is 0 Å². The molecule has 0 amide bonds. The van der Waals surface area contributed by atoms with Gasteiger partial charge in [0.15, 0.2) is 0 Å². The third-order valence-electron chi connectivity index (χ3n) is 2.82. The monoisotopic (exact) mass is 236 g/mol. The average Bonchev–Trinajstić information content (AvgIpc) is 2.40. The van der Waals surface area contributed by atoms with E-state index in [2.05, 4.69) is 0 Å². The lowest BCUT2D eigenvalue weighted by Gasteiger charge is -2.39. The van der Waals surface area contributed by atoms with E-state index in [1.807, 2.05) is 13.0 Å². The Morgan fingerprint density at radius 1 is 1.54 bits per heavy atom. The second-order valence-electron chi connectivity index (χ2n) is 3.55. The molecule has 3 atom stereocenters. The van der Waals surface area contributed by atoms with Crippen LogP contribution in [0, 0.1) is 5.92 Å². The van der Waals surface area contributed by atoms with Crippen LogP contribution in [0.2, 0.25) is 8.67 Å². The highest BCUT2D eigenvalue weighted by Crippen LogP contribution is 2.47. The van der Waals surface area contributed by atoms with Crippen molar-refractivity contribution in [3.8, 4) is 0 Å². The molecular formula is C9H10Cl2OS. The highest BCUT2D eigenvalue weighted by molar-refractivity contribution is 7.20. The summed E-state index contributed by atoms with van der Waals surface area (Å²) in [6.45, 7) is 2.04. The van der Waals surface area contributed by atoms with Crippen LogP contribution in [0.4, 0.5) is 0 Å². The Morgan fingerprint density at radius 2 is 2.23 bits per heavy atom. The molecule has 3 unspecified atom stereocenters. The lowest BCUT2D eigenvalue weighted by Crippen LogP contribution is -2.37. The average molecular weight is 237 g/mol. The molecule has 1 heterocycles. The summed E-state index contributed by atoms with van der Waals surface area (Å²) in [5.41, 5.74) is 1.11. The van der Waals surface area contributed by atoms with Gasteiger partial charge in [0.2, 0.25) is 0 Å². The largest absolute Gasteiger partial charge is 0.393 e. The van der Waals surface area contributed by atoms with Gasteiger partial charge in [-0.1, -0.05) is 30.1 Å². The molecule has 1 aromatic heterocycles. The molecule has 4 heteroatoms. The zero-order valence-corrected chi connectivity index (χ0v) is 9.46. The van der Waals surface area contributed by atoms with Gasteiger partial charge in [0.05, 0.1) is 14.8 Å². The quantitative estimate of drug-likeness (QED) is 0.792. The molecule has 13 heavy (non-hydrogen) atoms. The summed E-state index contributed by atoms with van der Waals surface area (Å²) in [5.74, 6) is 0.703. The number of aliphatic hydroxyl groups excluding tert-OH is 1. The summed E-state index contributed by atoms with van der Waals surface area (Å²) >= 11 is 13.3. The standard InChI is InChI=1S/C9H10Cl2OS/c1-4-5(2-7(4)12)6-3-8(10)13-9(6)11/h3-5,7,12H,2H2,1H3. The van der Waals surface area contributed by atoms with Crippen molar-refractivity contribution in [3.63, 3.8) is 0 Å². The summed E-state index contributed by atoms with van der Waals surface area (Å²) in [6, 6.07) is 1.92. The molecule has 0 radical (unpaired) electrons. The molecule has 1 fully saturated rings. The molecule has 1 aliphatic carbocycles. The molecular weight excluding hydrogens is 227 g/mol. The number of thiophene rings is 1. The Kier molecular flexibility index (Phi) is 2.58. The van der Waals surface area contributed by atoms with Crippen molar-refractivity contribution in [3.05, 3.63) is 20.3 Å². The lowest BCUT2D eigenvalue weighted by atomic mass is 9.69. The van der Waals surface area contributed by atoms with Crippen LogP contribution in [0.1, 0.15) is 24.8 Å². The van der Waals surface area contributed by atoms with Crippen LogP contribution < -0.4 is 0 Å². The highest BCUT2D eigenvalue weighted by atomic mass is 35.5. The molecule has 1 aromatic rings. The first-order valence-electron chi connectivity index (χ1n) is 4.22. The summed E-state index contributed by atoms with van der Waals surface area (Å²) in [4.78, 5) is 0. The minimum Gasteiger partial charge on any atom is -0.393 e. The normalized spacial score (nSPS) is 33.1. The smallest absolute Gasteiger partial charge is 0.0979 e.